The van der Waals surface area contributed by atoms with Crippen molar-refractivity contribution in [1.29, 1.82) is 0 Å². The molecule has 0 unspecified atom stereocenters. The quantitative estimate of drug-likeness (QED) is 0.566. The van der Waals surface area contributed by atoms with Crippen LogP contribution in [0.4, 0.5) is 11.4 Å². The summed E-state index contributed by atoms with van der Waals surface area (Å²) < 4.78 is 0. The van der Waals surface area contributed by atoms with E-state index in [9.17, 15) is 20.0 Å². The van der Waals surface area contributed by atoms with Gasteiger partial charge in [0.15, 0.2) is 0 Å². The maximum absolute atomic E-state index is 11.9. The monoisotopic (exact) mass is 309 g/mol. The number of likely N-dealkylation sites (N-methyl/N-ethyl adjacent to an activating group) is 1. The van der Waals surface area contributed by atoms with Gasteiger partial charge in [-0.15, -0.1) is 0 Å². The molecule has 7 nitrogen and oxygen atoms in total. The highest BCUT2D eigenvalue weighted by molar-refractivity contribution is 5.90. The molecule has 0 aliphatic carbocycles. The van der Waals surface area contributed by atoms with E-state index in [1.54, 1.807) is 13.8 Å². The lowest BCUT2D eigenvalue weighted by atomic mass is 10.1. The average Bonchev–Trinajstić information content (AvgIpc) is 2.42. The van der Waals surface area contributed by atoms with E-state index in [-0.39, 0.29) is 11.6 Å². The van der Waals surface area contributed by atoms with E-state index >= 15 is 0 Å². The van der Waals surface area contributed by atoms with E-state index in [4.69, 9.17) is 0 Å². The first-order valence-corrected chi connectivity index (χ1v) is 7.20. The van der Waals surface area contributed by atoms with Gasteiger partial charge in [0.2, 0.25) is 5.91 Å². The minimum absolute atomic E-state index is 0.0136. The van der Waals surface area contributed by atoms with Gasteiger partial charge < -0.3 is 15.3 Å². The van der Waals surface area contributed by atoms with Crippen molar-refractivity contribution in [3.05, 3.63) is 34.4 Å². The van der Waals surface area contributed by atoms with Gasteiger partial charge in [-0.1, -0.05) is 6.92 Å². The van der Waals surface area contributed by atoms with E-state index in [1.807, 2.05) is 11.8 Å². The lowest BCUT2D eigenvalue weighted by molar-refractivity contribution is -0.384. The molecule has 1 aromatic carbocycles. The molecule has 0 radical (unpaired) electrons. The Bertz CT molecular complexity index is 509. The van der Waals surface area contributed by atoms with Crippen LogP contribution in [0.5, 0.6) is 0 Å². The largest absolute Gasteiger partial charge is 0.389 e. The third kappa shape index (κ3) is 6.64. The summed E-state index contributed by atoms with van der Waals surface area (Å²) in [5.74, 6) is -0.164. The van der Waals surface area contributed by atoms with Gasteiger partial charge in [-0.2, -0.15) is 0 Å². The standard InChI is InChI=1S/C15H23N3O4/c1-4-17(11-15(2,3)20)10-9-14(19)16-12-5-7-13(8-6-12)18(21)22/h5-8,20H,4,9-11H2,1-3H3,(H,16,19). The molecule has 0 fully saturated rings. The highest BCUT2D eigenvalue weighted by Gasteiger charge is 2.17. The number of nitrogens with zero attached hydrogens (tertiary/aromatic N) is 2. The summed E-state index contributed by atoms with van der Waals surface area (Å²) >= 11 is 0. The smallest absolute Gasteiger partial charge is 0.269 e. The Labute approximate surface area is 130 Å². The van der Waals surface area contributed by atoms with Gasteiger partial charge in [0, 0.05) is 37.3 Å². The number of anilines is 1. The number of amides is 1. The van der Waals surface area contributed by atoms with Crippen LogP contribution >= 0.6 is 0 Å². The number of carbonyl (C=O) groups excluding carboxylic acids is 1. The van der Waals surface area contributed by atoms with Crippen molar-refractivity contribution < 1.29 is 14.8 Å². The average molecular weight is 309 g/mol. The predicted molar refractivity (Wildman–Crippen MR) is 84.8 cm³/mol. The van der Waals surface area contributed by atoms with Crippen molar-refractivity contribution in [3.8, 4) is 0 Å². The summed E-state index contributed by atoms with van der Waals surface area (Å²) in [4.78, 5) is 23.9. The molecule has 122 valence electrons. The molecule has 0 heterocycles. The summed E-state index contributed by atoms with van der Waals surface area (Å²) in [6.07, 6.45) is 0.293. The molecule has 2 N–H and O–H groups in total. The number of aliphatic hydroxyl groups is 1. The van der Waals surface area contributed by atoms with E-state index in [2.05, 4.69) is 5.32 Å². The zero-order chi connectivity index (χ0) is 16.8. The lowest BCUT2D eigenvalue weighted by Gasteiger charge is -2.27. The number of carbonyl (C=O) groups is 1. The van der Waals surface area contributed by atoms with Crippen molar-refractivity contribution in [2.75, 3.05) is 25.0 Å². The molecule has 0 aliphatic heterocycles. The van der Waals surface area contributed by atoms with Crippen LogP contribution in [0.1, 0.15) is 27.2 Å². The molecule has 0 aliphatic rings. The van der Waals surface area contributed by atoms with Gasteiger partial charge in [-0.25, -0.2) is 0 Å². The Balaban J connectivity index is 2.47. The van der Waals surface area contributed by atoms with E-state index in [0.29, 0.717) is 25.2 Å². The highest BCUT2D eigenvalue weighted by atomic mass is 16.6. The SMILES string of the molecule is CCN(CCC(=O)Nc1ccc([N+](=O)[O-])cc1)CC(C)(C)O. The second-order valence-electron chi connectivity index (χ2n) is 5.78. The van der Waals surface area contributed by atoms with Gasteiger partial charge in [0.25, 0.3) is 5.69 Å². The van der Waals surface area contributed by atoms with Crippen LogP contribution in [-0.4, -0.2) is 46.1 Å². The van der Waals surface area contributed by atoms with Crippen LogP contribution in [0.15, 0.2) is 24.3 Å². The fraction of sp³-hybridized carbons (Fsp3) is 0.533. The normalized spacial score (nSPS) is 11.5. The first kappa shape index (κ1) is 18.1. The second kappa shape index (κ2) is 7.86. The number of nitro groups is 1. The highest BCUT2D eigenvalue weighted by Crippen LogP contribution is 2.15. The number of hydrogen-bond acceptors (Lipinski definition) is 5. The molecule has 1 aromatic rings. The minimum atomic E-state index is -0.801. The third-order valence-electron chi connectivity index (χ3n) is 3.07. The lowest BCUT2D eigenvalue weighted by Crippen LogP contribution is -2.39. The number of nitrogens with one attached hydrogen (secondary N) is 1. The fourth-order valence-corrected chi connectivity index (χ4v) is 2.05. The van der Waals surface area contributed by atoms with Gasteiger partial charge in [0.05, 0.1) is 10.5 Å². The van der Waals surface area contributed by atoms with Gasteiger partial charge in [-0.3, -0.25) is 14.9 Å². The second-order valence-corrected chi connectivity index (χ2v) is 5.78. The number of benzene rings is 1. The summed E-state index contributed by atoms with van der Waals surface area (Å²) in [5.41, 5.74) is -0.285. The maximum atomic E-state index is 11.9. The summed E-state index contributed by atoms with van der Waals surface area (Å²) in [6, 6.07) is 5.71. The molecule has 0 bridgehead atoms. The molecule has 7 heteroatoms. The molecule has 22 heavy (non-hydrogen) atoms. The molecule has 0 atom stereocenters. The van der Waals surface area contributed by atoms with Crippen molar-refractivity contribution in [1.82, 2.24) is 4.90 Å². The Morgan fingerprint density at radius 2 is 1.95 bits per heavy atom. The number of hydrogen-bond donors (Lipinski definition) is 2. The molecule has 0 saturated heterocycles. The topological polar surface area (TPSA) is 95.7 Å². The zero-order valence-electron chi connectivity index (χ0n) is 13.2. The summed E-state index contributed by atoms with van der Waals surface area (Å²) in [5, 5.41) is 23.0. The third-order valence-corrected chi connectivity index (χ3v) is 3.07. The fourth-order valence-electron chi connectivity index (χ4n) is 2.05. The van der Waals surface area contributed by atoms with Crippen LogP contribution in [-0.2, 0) is 4.79 Å². The van der Waals surface area contributed by atoms with Gasteiger partial charge >= 0.3 is 0 Å². The molecule has 0 spiro atoms. The van der Waals surface area contributed by atoms with Crippen LogP contribution in [0, 0.1) is 10.1 Å². The van der Waals surface area contributed by atoms with Gasteiger partial charge in [-0.05, 0) is 32.5 Å². The Morgan fingerprint density at radius 1 is 1.36 bits per heavy atom. The van der Waals surface area contributed by atoms with Gasteiger partial charge in [0.1, 0.15) is 0 Å². The van der Waals surface area contributed by atoms with Crippen LogP contribution in [0.25, 0.3) is 0 Å². The first-order valence-electron chi connectivity index (χ1n) is 7.20. The molecule has 1 amide bonds. The number of nitro benzene ring substituents is 1. The van der Waals surface area contributed by atoms with Crippen molar-refractivity contribution in [2.24, 2.45) is 0 Å². The van der Waals surface area contributed by atoms with Crippen molar-refractivity contribution >= 4 is 17.3 Å². The number of rotatable bonds is 8. The van der Waals surface area contributed by atoms with E-state index in [1.165, 1.54) is 24.3 Å². The number of non-ortho nitro benzene ring substituents is 1. The molecule has 0 saturated carbocycles. The molecule has 1 rings (SSSR count). The van der Waals surface area contributed by atoms with Crippen molar-refractivity contribution in [2.45, 2.75) is 32.8 Å². The first-order chi connectivity index (χ1) is 10.2. The predicted octanol–water partition coefficient (Wildman–Crippen LogP) is 2.02. The Kier molecular flexibility index (Phi) is 6.45. The minimum Gasteiger partial charge on any atom is -0.389 e. The van der Waals surface area contributed by atoms with Crippen LogP contribution in [0.2, 0.25) is 0 Å². The summed E-state index contributed by atoms with van der Waals surface area (Å²) in [6.45, 7) is 7.21. The Hall–Kier alpha value is -1.99. The summed E-state index contributed by atoms with van der Waals surface area (Å²) in [7, 11) is 0. The molecular weight excluding hydrogens is 286 g/mol. The van der Waals surface area contributed by atoms with Crippen LogP contribution < -0.4 is 5.32 Å². The van der Waals surface area contributed by atoms with Crippen LogP contribution in [0.3, 0.4) is 0 Å². The molecule has 0 aromatic heterocycles. The van der Waals surface area contributed by atoms with E-state index < -0.39 is 10.5 Å². The maximum Gasteiger partial charge on any atom is 0.269 e. The van der Waals surface area contributed by atoms with Crippen molar-refractivity contribution in [3.63, 3.8) is 0 Å². The molecular formula is C15H23N3O4. The zero-order valence-corrected chi connectivity index (χ0v) is 13.2. The van der Waals surface area contributed by atoms with E-state index in [0.717, 1.165) is 6.54 Å². The Morgan fingerprint density at radius 3 is 2.41 bits per heavy atom.